The zero-order chi connectivity index (χ0) is 21.1. The number of benzene rings is 2. The van der Waals surface area contributed by atoms with E-state index in [4.69, 9.17) is 4.74 Å². The molecular weight excluding hydrogens is 385 g/mol. The van der Waals surface area contributed by atoms with Gasteiger partial charge in [-0.2, -0.15) is 0 Å². The Kier molecular flexibility index (Phi) is 5.88. The van der Waals surface area contributed by atoms with Gasteiger partial charge in [-0.05, 0) is 81.1 Å². The summed E-state index contributed by atoms with van der Waals surface area (Å²) in [7, 11) is 0. The Morgan fingerprint density at radius 1 is 1.03 bits per heavy atom. The average molecular weight is 411 g/mol. The number of nitrogens with one attached hydrogen (secondary N) is 2. The number of ether oxygens (including phenoxy) is 1. The fraction of sp³-hybridized carbons (Fsp3) is 0.391. The van der Waals surface area contributed by atoms with Crippen molar-refractivity contribution in [2.75, 3.05) is 11.9 Å². The van der Waals surface area contributed by atoms with E-state index in [2.05, 4.69) is 10.6 Å². The summed E-state index contributed by atoms with van der Waals surface area (Å²) in [6.45, 7) is 2.53. The van der Waals surface area contributed by atoms with E-state index in [1.807, 2.05) is 36.1 Å². The predicted octanol–water partition coefficient (Wildman–Crippen LogP) is 4.18. The fourth-order valence-corrected chi connectivity index (χ4v) is 4.49. The highest BCUT2D eigenvalue weighted by atomic mass is 19.1. The van der Waals surface area contributed by atoms with Crippen LogP contribution in [0.2, 0.25) is 0 Å². The molecule has 158 valence electrons. The van der Waals surface area contributed by atoms with Crippen molar-refractivity contribution in [1.82, 2.24) is 10.2 Å². The topological polar surface area (TPSA) is 70.7 Å². The SMILES string of the molecule is CCOc1ccc(NC(=O)N2C3CCC2CC(NC(=O)c2ccc(F)cc2)C3)cc1. The van der Waals surface area contributed by atoms with E-state index in [1.54, 1.807) is 0 Å². The molecule has 0 spiro atoms. The van der Waals surface area contributed by atoms with Crippen LogP contribution >= 0.6 is 0 Å². The molecule has 2 fully saturated rings. The van der Waals surface area contributed by atoms with Crippen molar-refractivity contribution < 1.29 is 18.7 Å². The number of piperidine rings is 1. The molecule has 0 radical (unpaired) electrons. The highest BCUT2D eigenvalue weighted by molar-refractivity contribution is 5.94. The van der Waals surface area contributed by atoms with Gasteiger partial charge in [0.1, 0.15) is 11.6 Å². The highest BCUT2D eigenvalue weighted by Gasteiger charge is 2.43. The van der Waals surface area contributed by atoms with Crippen LogP contribution < -0.4 is 15.4 Å². The lowest BCUT2D eigenvalue weighted by atomic mass is 9.97. The second kappa shape index (κ2) is 8.73. The van der Waals surface area contributed by atoms with E-state index in [9.17, 15) is 14.0 Å². The van der Waals surface area contributed by atoms with Gasteiger partial charge >= 0.3 is 6.03 Å². The van der Waals surface area contributed by atoms with Gasteiger partial charge in [-0.15, -0.1) is 0 Å². The van der Waals surface area contributed by atoms with E-state index in [0.717, 1.165) is 37.1 Å². The molecule has 2 aliphatic rings. The van der Waals surface area contributed by atoms with Crippen molar-refractivity contribution in [3.8, 4) is 5.75 Å². The molecule has 2 aromatic rings. The van der Waals surface area contributed by atoms with Crippen LogP contribution in [0.4, 0.5) is 14.9 Å². The molecule has 3 amide bonds. The first kappa shape index (κ1) is 20.2. The number of amides is 3. The maximum atomic E-state index is 13.1. The monoisotopic (exact) mass is 411 g/mol. The maximum Gasteiger partial charge on any atom is 0.322 e. The Morgan fingerprint density at radius 3 is 2.27 bits per heavy atom. The third-order valence-electron chi connectivity index (χ3n) is 5.83. The van der Waals surface area contributed by atoms with Crippen molar-refractivity contribution in [1.29, 1.82) is 0 Å². The normalized spacial score (nSPS) is 22.5. The Balaban J connectivity index is 1.34. The summed E-state index contributed by atoms with van der Waals surface area (Å²) >= 11 is 0. The molecule has 2 N–H and O–H groups in total. The summed E-state index contributed by atoms with van der Waals surface area (Å²) in [6, 6.07) is 13.0. The van der Waals surface area contributed by atoms with Gasteiger partial charge < -0.3 is 20.3 Å². The lowest BCUT2D eigenvalue weighted by molar-refractivity contribution is 0.0891. The quantitative estimate of drug-likeness (QED) is 0.775. The van der Waals surface area contributed by atoms with Gasteiger partial charge in [0.05, 0.1) is 6.61 Å². The number of anilines is 1. The smallest absolute Gasteiger partial charge is 0.322 e. The summed E-state index contributed by atoms with van der Waals surface area (Å²) < 4.78 is 18.5. The number of urea groups is 1. The van der Waals surface area contributed by atoms with E-state index in [-0.39, 0.29) is 35.9 Å². The first-order valence-electron chi connectivity index (χ1n) is 10.4. The summed E-state index contributed by atoms with van der Waals surface area (Å²) in [6.07, 6.45) is 3.31. The van der Waals surface area contributed by atoms with Gasteiger partial charge in [-0.3, -0.25) is 4.79 Å². The average Bonchev–Trinajstić information content (AvgIpc) is 3.01. The molecule has 2 aromatic carbocycles. The van der Waals surface area contributed by atoms with Gasteiger partial charge in [-0.25, -0.2) is 9.18 Å². The first-order chi connectivity index (χ1) is 14.5. The van der Waals surface area contributed by atoms with Gasteiger partial charge in [0.25, 0.3) is 5.91 Å². The predicted molar refractivity (Wildman–Crippen MR) is 112 cm³/mol. The van der Waals surface area contributed by atoms with Crippen LogP contribution in [0.25, 0.3) is 0 Å². The van der Waals surface area contributed by atoms with E-state index in [0.29, 0.717) is 12.2 Å². The molecule has 7 heteroatoms. The molecule has 2 saturated heterocycles. The summed E-state index contributed by atoms with van der Waals surface area (Å²) in [5.41, 5.74) is 1.18. The van der Waals surface area contributed by atoms with Crippen LogP contribution in [0, 0.1) is 5.82 Å². The van der Waals surface area contributed by atoms with Gasteiger partial charge in [0.15, 0.2) is 0 Å². The Bertz CT molecular complexity index is 887. The minimum absolute atomic E-state index is 0.00887. The first-order valence-corrected chi connectivity index (χ1v) is 10.4. The standard InChI is InChI=1S/C23H26FN3O3/c1-2-30-21-11-7-17(8-12-21)26-23(29)27-19-9-10-20(27)14-18(13-19)25-22(28)15-3-5-16(24)6-4-15/h3-8,11-12,18-20H,2,9-10,13-14H2,1H3,(H,25,28)(H,26,29). The van der Waals surface area contributed by atoms with E-state index >= 15 is 0 Å². The number of nitrogens with zero attached hydrogens (tertiary/aromatic N) is 1. The molecule has 0 aliphatic carbocycles. The van der Waals surface area contributed by atoms with Crippen molar-refractivity contribution >= 4 is 17.6 Å². The maximum absolute atomic E-state index is 13.1. The van der Waals surface area contributed by atoms with Crippen LogP contribution in [0.15, 0.2) is 48.5 Å². The number of carbonyl (C=O) groups excluding carboxylic acids is 2. The number of fused-ring (bicyclic) bond motifs is 2. The second-order valence-electron chi connectivity index (χ2n) is 7.83. The molecule has 4 rings (SSSR count). The molecule has 30 heavy (non-hydrogen) atoms. The van der Waals surface area contributed by atoms with Crippen molar-refractivity contribution in [2.24, 2.45) is 0 Å². The van der Waals surface area contributed by atoms with Crippen molar-refractivity contribution in [3.05, 3.63) is 59.9 Å². The van der Waals surface area contributed by atoms with E-state index < -0.39 is 0 Å². The number of halogens is 1. The molecule has 2 atom stereocenters. The highest BCUT2D eigenvalue weighted by Crippen LogP contribution is 2.36. The molecule has 2 bridgehead atoms. The number of rotatable bonds is 5. The van der Waals surface area contributed by atoms with Crippen LogP contribution in [0.3, 0.4) is 0 Å². The third kappa shape index (κ3) is 4.40. The zero-order valence-corrected chi connectivity index (χ0v) is 16.9. The molecule has 2 unspecified atom stereocenters. The number of carbonyl (C=O) groups is 2. The van der Waals surface area contributed by atoms with Gasteiger partial charge in [0.2, 0.25) is 0 Å². The molecule has 0 aromatic heterocycles. The minimum atomic E-state index is -0.364. The van der Waals surface area contributed by atoms with Crippen molar-refractivity contribution in [3.63, 3.8) is 0 Å². The molecule has 0 saturated carbocycles. The summed E-state index contributed by atoms with van der Waals surface area (Å²) in [4.78, 5) is 27.3. The summed E-state index contributed by atoms with van der Waals surface area (Å²) in [5, 5.41) is 6.03. The Labute approximate surface area is 175 Å². The van der Waals surface area contributed by atoms with Gasteiger partial charge in [-0.1, -0.05) is 0 Å². The van der Waals surface area contributed by atoms with Crippen LogP contribution in [-0.2, 0) is 0 Å². The number of hydrogen-bond acceptors (Lipinski definition) is 3. The molecule has 2 heterocycles. The van der Waals surface area contributed by atoms with Gasteiger partial charge in [0, 0.05) is 29.4 Å². The molecule has 6 nitrogen and oxygen atoms in total. The second-order valence-corrected chi connectivity index (χ2v) is 7.83. The minimum Gasteiger partial charge on any atom is -0.494 e. The van der Waals surface area contributed by atoms with Crippen molar-refractivity contribution in [2.45, 2.75) is 50.7 Å². The lowest BCUT2D eigenvalue weighted by Gasteiger charge is -2.39. The Hall–Kier alpha value is -3.09. The zero-order valence-electron chi connectivity index (χ0n) is 16.9. The Morgan fingerprint density at radius 2 is 1.67 bits per heavy atom. The fourth-order valence-electron chi connectivity index (χ4n) is 4.49. The largest absolute Gasteiger partial charge is 0.494 e. The number of hydrogen-bond donors (Lipinski definition) is 2. The third-order valence-corrected chi connectivity index (χ3v) is 5.83. The molecule has 2 aliphatic heterocycles. The molecular formula is C23H26FN3O3. The summed E-state index contributed by atoms with van der Waals surface area (Å²) in [5.74, 6) is 0.205. The van der Waals surface area contributed by atoms with Crippen LogP contribution in [-0.4, -0.2) is 41.6 Å². The lowest BCUT2D eigenvalue weighted by Crippen LogP contribution is -2.53. The van der Waals surface area contributed by atoms with E-state index in [1.165, 1.54) is 24.3 Å². The van der Waals surface area contributed by atoms with Crippen LogP contribution in [0.5, 0.6) is 5.75 Å². The van der Waals surface area contributed by atoms with Crippen LogP contribution in [0.1, 0.15) is 43.0 Å².